The molecule has 0 saturated carbocycles. The number of nitrogens with zero attached hydrogens (tertiary/aromatic N) is 1. The molecule has 0 radical (unpaired) electrons. The third-order valence-electron chi connectivity index (χ3n) is 5.34. The highest BCUT2D eigenvalue weighted by atomic mass is 16.5. The van der Waals surface area contributed by atoms with Gasteiger partial charge in [0.25, 0.3) is 0 Å². The number of benzene rings is 2. The van der Waals surface area contributed by atoms with Gasteiger partial charge in [0, 0.05) is 17.6 Å². The molecule has 0 fully saturated rings. The van der Waals surface area contributed by atoms with E-state index in [9.17, 15) is 9.59 Å². The Hall–Kier alpha value is -3.28. The van der Waals surface area contributed by atoms with Crippen molar-refractivity contribution in [2.24, 2.45) is 5.73 Å². The Morgan fingerprint density at radius 3 is 2.75 bits per heavy atom. The molecule has 4 rings (SSSR count). The van der Waals surface area contributed by atoms with E-state index in [1.54, 1.807) is 6.07 Å². The molecule has 3 aromatic rings. The molecule has 1 unspecified atom stereocenters. The minimum Gasteiger partial charge on any atom is -0.481 e. The van der Waals surface area contributed by atoms with E-state index < -0.39 is 12.6 Å². The van der Waals surface area contributed by atoms with Crippen molar-refractivity contribution in [3.05, 3.63) is 64.8 Å². The van der Waals surface area contributed by atoms with Gasteiger partial charge in [-0.1, -0.05) is 35.9 Å². The minimum atomic E-state index is -1.04. The second kappa shape index (κ2) is 7.03. The molecule has 6 nitrogen and oxygen atoms in total. The molecule has 1 atom stereocenters. The zero-order valence-electron chi connectivity index (χ0n) is 15.6. The Bertz CT molecular complexity index is 1080. The monoisotopic (exact) mass is 378 g/mol. The fraction of sp³-hybridized carbons (Fsp3) is 0.273. The number of amides is 1. The Labute approximate surface area is 162 Å². The van der Waals surface area contributed by atoms with E-state index in [2.05, 4.69) is 29.7 Å². The predicted octanol–water partition coefficient (Wildman–Crippen LogP) is 2.98. The van der Waals surface area contributed by atoms with E-state index in [4.69, 9.17) is 15.6 Å². The molecule has 3 N–H and O–H groups in total. The standard InChI is InChI=1S/C22H22N2O4/c1-13-4-2-5-14(10-13)11-24-16-6-3-7-18(28-12-19(25)26)21(16)20-15(22(23)27)8-9-17(20)24/h2-7,10,15H,8-9,11-12H2,1H3,(H2,23,27)(H,25,26). The maximum absolute atomic E-state index is 12.1. The van der Waals surface area contributed by atoms with E-state index in [-0.39, 0.29) is 11.8 Å². The number of hydrogen-bond acceptors (Lipinski definition) is 3. The summed E-state index contributed by atoms with van der Waals surface area (Å²) in [5.74, 6) is -1.31. The van der Waals surface area contributed by atoms with Crippen LogP contribution in [0.2, 0.25) is 0 Å². The van der Waals surface area contributed by atoms with Gasteiger partial charge in [0.05, 0.1) is 11.4 Å². The molecule has 1 aliphatic rings. The average molecular weight is 378 g/mol. The van der Waals surface area contributed by atoms with Gasteiger partial charge in [0.2, 0.25) is 5.91 Å². The molecule has 144 valence electrons. The van der Waals surface area contributed by atoms with Crippen LogP contribution >= 0.6 is 0 Å². The number of aliphatic carboxylic acids is 1. The van der Waals surface area contributed by atoms with Crippen molar-refractivity contribution in [2.45, 2.75) is 32.2 Å². The maximum Gasteiger partial charge on any atom is 0.341 e. The van der Waals surface area contributed by atoms with Crippen LogP contribution in [0.3, 0.4) is 0 Å². The number of carboxylic acids is 1. The molecule has 0 bridgehead atoms. The van der Waals surface area contributed by atoms with Gasteiger partial charge in [-0.05, 0) is 43.0 Å². The van der Waals surface area contributed by atoms with Crippen molar-refractivity contribution in [2.75, 3.05) is 6.61 Å². The smallest absolute Gasteiger partial charge is 0.341 e. The van der Waals surface area contributed by atoms with Crippen molar-refractivity contribution in [1.29, 1.82) is 0 Å². The molecule has 0 spiro atoms. The van der Waals surface area contributed by atoms with Gasteiger partial charge in [-0.3, -0.25) is 4.79 Å². The van der Waals surface area contributed by atoms with Crippen LogP contribution in [0.4, 0.5) is 0 Å². The molecule has 0 aliphatic heterocycles. The average Bonchev–Trinajstić information content (AvgIpc) is 3.20. The van der Waals surface area contributed by atoms with Gasteiger partial charge in [0.15, 0.2) is 6.61 Å². The Kier molecular flexibility index (Phi) is 4.55. The number of hydrogen-bond donors (Lipinski definition) is 2. The summed E-state index contributed by atoms with van der Waals surface area (Å²) in [6.07, 6.45) is 1.42. The van der Waals surface area contributed by atoms with Crippen LogP contribution < -0.4 is 10.5 Å². The maximum atomic E-state index is 12.1. The van der Waals surface area contributed by atoms with Crippen molar-refractivity contribution < 1.29 is 19.4 Å². The topological polar surface area (TPSA) is 94.6 Å². The Morgan fingerprint density at radius 2 is 2.04 bits per heavy atom. The molecule has 28 heavy (non-hydrogen) atoms. The lowest BCUT2D eigenvalue weighted by Crippen LogP contribution is -2.19. The lowest BCUT2D eigenvalue weighted by atomic mass is 9.99. The molecule has 1 amide bonds. The fourth-order valence-corrected chi connectivity index (χ4v) is 4.24. The number of rotatable bonds is 6. The predicted molar refractivity (Wildman–Crippen MR) is 106 cm³/mol. The lowest BCUT2D eigenvalue weighted by molar-refractivity contribution is -0.139. The summed E-state index contributed by atoms with van der Waals surface area (Å²) >= 11 is 0. The summed E-state index contributed by atoms with van der Waals surface area (Å²) in [4.78, 5) is 23.1. The molecule has 2 aromatic carbocycles. The van der Waals surface area contributed by atoms with Crippen LogP contribution in [0.5, 0.6) is 5.75 Å². The number of primary amides is 1. The van der Waals surface area contributed by atoms with Crippen molar-refractivity contribution >= 4 is 22.8 Å². The van der Waals surface area contributed by atoms with E-state index in [1.807, 2.05) is 18.2 Å². The first-order chi connectivity index (χ1) is 13.5. The van der Waals surface area contributed by atoms with Crippen molar-refractivity contribution in [3.8, 4) is 5.75 Å². The van der Waals surface area contributed by atoms with Crippen LogP contribution in [0.1, 0.15) is 34.7 Å². The van der Waals surface area contributed by atoms with Gasteiger partial charge < -0.3 is 20.1 Å². The number of carboxylic acid groups (broad SMARTS) is 1. The minimum absolute atomic E-state index is 0.360. The van der Waals surface area contributed by atoms with Gasteiger partial charge >= 0.3 is 5.97 Å². The van der Waals surface area contributed by atoms with E-state index >= 15 is 0 Å². The van der Waals surface area contributed by atoms with E-state index in [1.165, 1.54) is 11.1 Å². The van der Waals surface area contributed by atoms with Gasteiger partial charge in [0.1, 0.15) is 5.75 Å². The summed E-state index contributed by atoms with van der Waals surface area (Å²) in [7, 11) is 0. The number of carbonyl (C=O) groups excluding carboxylic acids is 1. The van der Waals surface area contributed by atoms with Crippen LogP contribution in [0.15, 0.2) is 42.5 Å². The molecule has 1 heterocycles. The summed E-state index contributed by atoms with van der Waals surface area (Å²) in [5.41, 5.74) is 10.9. The first-order valence-electron chi connectivity index (χ1n) is 9.29. The number of ether oxygens (including phenoxy) is 1. The first-order valence-corrected chi connectivity index (χ1v) is 9.29. The molecular formula is C22H22N2O4. The lowest BCUT2D eigenvalue weighted by Gasteiger charge is -2.12. The second-order valence-corrected chi connectivity index (χ2v) is 7.26. The van der Waals surface area contributed by atoms with Gasteiger partial charge in [-0.15, -0.1) is 0 Å². The van der Waals surface area contributed by atoms with Gasteiger partial charge in [-0.25, -0.2) is 4.79 Å². The van der Waals surface area contributed by atoms with Crippen LogP contribution in [-0.2, 0) is 22.6 Å². The summed E-state index contributed by atoms with van der Waals surface area (Å²) in [5, 5.41) is 9.80. The van der Waals surface area contributed by atoms with Crippen molar-refractivity contribution in [3.63, 3.8) is 0 Å². The molecule has 1 aliphatic carbocycles. The summed E-state index contributed by atoms with van der Waals surface area (Å²) in [6, 6.07) is 13.9. The number of carbonyl (C=O) groups is 2. The largest absolute Gasteiger partial charge is 0.481 e. The molecule has 0 saturated heterocycles. The molecule has 6 heteroatoms. The van der Waals surface area contributed by atoms with Crippen LogP contribution in [-0.4, -0.2) is 28.2 Å². The second-order valence-electron chi connectivity index (χ2n) is 7.26. The highest BCUT2D eigenvalue weighted by molar-refractivity contribution is 5.97. The highest BCUT2D eigenvalue weighted by Gasteiger charge is 2.34. The Morgan fingerprint density at radius 1 is 1.25 bits per heavy atom. The normalized spacial score (nSPS) is 15.5. The highest BCUT2D eigenvalue weighted by Crippen LogP contribution is 2.44. The van der Waals surface area contributed by atoms with E-state index in [0.717, 1.165) is 28.6 Å². The van der Waals surface area contributed by atoms with Crippen LogP contribution in [0.25, 0.3) is 10.9 Å². The van der Waals surface area contributed by atoms with E-state index in [0.29, 0.717) is 18.7 Å². The number of aryl methyl sites for hydroxylation is 1. The molecule has 1 aromatic heterocycles. The van der Waals surface area contributed by atoms with Gasteiger partial charge in [-0.2, -0.15) is 0 Å². The summed E-state index contributed by atoms with van der Waals surface area (Å²) in [6.45, 7) is 2.29. The van der Waals surface area contributed by atoms with Crippen molar-refractivity contribution in [1.82, 2.24) is 4.57 Å². The third kappa shape index (κ3) is 3.11. The zero-order chi connectivity index (χ0) is 19.8. The Balaban J connectivity index is 1.89. The first kappa shape index (κ1) is 18.1. The third-order valence-corrected chi connectivity index (χ3v) is 5.34. The fourth-order valence-electron chi connectivity index (χ4n) is 4.24. The number of aromatic nitrogens is 1. The number of nitrogens with two attached hydrogens (primary N) is 1. The summed E-state index contributed by atoms with van der Waals surface area (Å²) < 4.78 is 7.76. The zero-order valence-corrected chi connectivity index (χ0v) is 15.6. The molecular weight excluding hydrogens is 356 g/mol. The SMILES string of the molecule is Cc1cccc(Cn2c3c(c4c(OCC(=O)O)cccc42)C(C(N)=O)CC3)c1. The number of fused-ring (bicyclic) bond motifs is 3. The quantitative estimate of drug-likeness (QED) is 0.689. The van der Waals surface area contributed by atoms with Crippen LogP contribution in [0, 0.1) is 6.92 Å².